The molecular formula is C17H15F3N2O6. The van der Waals surface area contributed by atoms with Crippen LogP contribution in [0.4, 0.5) is 24.5 Å². The number of nitrogens with zero attached hydrogens (tertiary/aromatic N) is 1. The lowest BCUT2D eigenvalue weighted by atomic mass is 10.1. The summed E-state index contributed by atoms with van der Waals surface area (Å²) >= 11 is 0. The number of benzene rings is 2. The molecule has 0 unspecified atom stereocenters. The second-order valence-corrected chi connectivity index (χ2v) is 5.33. The predicted molar refractivity (Wildman–Crippen MR) is 92.1 cm³/mol. The standard InChI is InChI=1S/C17H15F3N2O6/c1-26-12-8-11(13(22(24)25)15(28-3)14(12)27-2)16(23)21-10-6-4-9(5-7-10)17(18,19)20/h4-8H,1-3H3,(H,21,23). The molecule has 28 heavy (non-hydrogen) atoms. The minimum absolute atomic E-state index is 0.00233. The quantitative estimate of drug-likeness (QED) is 0.583. The van der Waals surface area contributed by atoms with Gasteiger partial charge in [-0.15, -0.1) is 0 Å². The van der Waals surface area contributed by atoms with Crippen LogP contribution in [0.5, 0.6) is 17.2 Å². The van der Waals surface area contributed by atoms with Gasteiger partial charge >= 0.3 is 11.9 Å². The highest BCUT2D eigenvalue weighted by atomic mass is 19.4. The lowest BCUT2D eigenvalue weighted by Crippen LogP contribution is -2.15. The lowest BCUT2D eigenvalue weighted by Gasteiger charge is -2.15. The molecule has 0 saturated heterocycles. The number of carbonyl (C=O) groups is 1. The number of methoxy groups -OCH3 is 3. The van der Waals surface area contributed by atoms with E-state index in [0.29, 0.717) is 0 Å². The molecule has 0 aliphatic rings. The number of carbonyl (C=O) groups excluding carboxylic acids is 1. The highest BCUT2D eigenvalue weighted by molar-refractivity contribution is 6.08. The third kappa shape index (κ3) is 4.08. The molecule has 0 aromatic heterocycles. The summed E-state index contributed by atoms with van der Waals surface area (Å²) in [7, 11) is 3.66. The van der Waals surface area contributed by atoms with Crippen LogP contribution in [0, 0.1) is 10.1 Å². The molecule has 1 amide bonds. The van der Waals surface area contributed by atoms with Crippen molar-refractivity contribution in [3.05, 3.63) is 51.6 Å². The number of nitrogens with one attached hydrogen (secondary N) is 1. The Morgan fingerprint density at radius 1 is 1.04 bits per heavy atom. The Bertz CT molecular complexity index is 897. The van der Waals surface area contributed by atoms with E-state index >= 15 is 0 Å². The Hall–Kier alpha value is -3.50. The topological polar surface area (TPSA) is 99.9 Å². The van der Waals surface area contributed by atoms with Gasteiger partial charge in [0.25, 0.3) is 5.91 Å². The van der Waals surface area contributed by atoms with E-state index in [9.17, 15) is 28.1 Å². The Kier molecular flexibility index (Phi) is 5.96. The van der Waals surface area contributed by atoms with Gasteiger partial charge in [0.2, 0.25) is 11.5 Å². The number of hydrogen-bond acceptors (Lipinski definition) is 6. The molecule has 2 rings (SSSR count). The van der Waals surface area contributed by atoms with Gasteiger partial charge in [-0.25, -0.2) is 0 Å². The maximum atomic E-state index is 12.6. The highest BCUT2D eigenvalue weighted by Gasteiger charge is 2.33. The number of amides is 1. The first-order chi connectivity index (χ1) is 13.1. The second kappa shape index (κ2) is 8.03. The number of alkyl halides is 3. The van der Waals surface area contributed by atoms with Gasteiger partial charge in [-0.3, -0.25) is 14.9 Å². The molecule has 11 heteroatoms. The molecule has 0 radical (unpaired) electrons. The van der Waals surface area contributed by atoms with Crippen LogP contribution in [0.25, 0.3) is 0 Å². The molecule has 1 N–H and O–H groups in total. The van der Waals surface area contributed by atoms with Crippen molar-refractivity contribution in [2.45, 2.75) is 6.18 Å². The molecule has 0 bridgehead atoms. The summed E-state index contributed by atoms with van der Waals surface area (Å²) in [4.78, 5) is 23.2. The van der Waals surface area contributed by atoms with Gasteiger partial charge < -0.3 is 19.5 Å². The summed E-state index contributed by atoms with van der Waals surface area (Å²) in [5.41, 5.74) is -1.98. The fourth-order valence-electron chi connectivity index (χ4n) is 2.44. The zero-order valence-electron chi connectivity index (χ0n) is 14.9. The van der Waals surface area contributed by atoms with E-state index in [-0.39, 0.29) is 22.9 Å². The average molecular weight is 400 g/mol. The summed E-state index contributed by atoms with van der Waals surface area (Å²) < 4.78 is 53.0. The zero-order chi connectivity index (χ0) is 21.1. The van der Waals surface area contributed by atoms with E-state index in [1.807, 2.05) is 0 Å². The second-order valence-electron chi connectivity index (χ2n) is 5.33. The predicted octanol–water partition coefficient (Wildman–Crippen LogP) is 3.89. The normalized spacial score (nSPS) is 10.9. The van der Waals surface area contributed by atoms with Crippen molar-refractivity contribution in [3.63, 3.8) is 0 Å². The maximum Gasteiger partial charge on any atom is 0.416 e. The first-order valence-corrected chi connectivity index (χ1v) is 7.60. The molecule has 150 valence electrons. The lowest BCUT2D eigenvalue weighted by molar-refractivity contribution is -0.386. The third-order valence-electron chi connectivity index (χ3n) is 3.70. The number of rotatable bonds is 6. The van der Waals surface area contributed by atoms with Gasteiger partial charge in [-0.2, -0.15) is 13.2 Å². The average Bonchev–Trinajstić information content (AvgIpc) is 2.65. The fraction of sp³-hybridized carbons (Fsp3) is 0.235. The van der Waals surface area contributed by atoms with Crippen LogP contribution >= 0.6 is 0 Å². The molecule has 0 heterocycles. The Balaban J connectivity index is 2.48. The Labute approximate surface area is 157 Å². The first-order valence-electron chi connectivity index (χ1n) is 7.60. The smallest absolute Gasteiger partial charge is 0.416 e. The zero-order valence-corrected chi connectivity index (χ0v) is 14.9. The largest absolute Gasteiger partial charge is 0.493 e. The van der Waals surface area contributed by atoms with Gasteiger partial charge in [0.1, 0.15) is 5.56 Å². The van der Waals surface area contributed by atoms with Crippen LogP contribution in [-0.2, 0) is 6.18 Å². The van der Waals surface area contributed by atoms with Crippen molar-refractivity contribution in [2.24, 2.45) is 0 Å². The van der Waals surface area contributed by atoms with Crippen LogP contribution in [0.3, 0.4) is 0 Å². The number of nitro groups is 1. The molecule has 2 aromatic rings. The van der Waals surface area contributed by atoms with E-state index in [1.165, 1.54) is 14.2 Å². The van der Waals surface area contributed by atoms with Crippen LogP contribution in [0.1, 0.15) is 15.9 Å². The molecule has 0 saturated carbocycles. The maximum absolute atomic E-state index is 12.6. The van der Waals surface area contributed by atoms with Crippen LogP contribution < -0.4 is 19.5 Å². The molecule has 0 aliphatic carbocycles. The summed E-state index contributed by atoms with van der Waals surface area (Å²) in [6.07, 6.45) is -4.53. The van der Waals surface area contributed by atoms with Crippen molar-refractivity contribution in [1.29, 1.82) is 0 Å². The highest BCUT2D eigenvalue weighted by Crippen LogP contribution is 2.46. The molecule has 0 atom stereocenters. The monoisotopic (exact) mass is 400 g/mol. The molecule has 8 nitrogen and oxygen atoms in total. The SMILES string of the molecule is COc1cc(C(=O)Nc2ccc(C(F)(F)F)cc2)c([N+](=O)[O-])c(OC)c1OC. The van der Waals surface area contributed by atoms with E-state index in [2.05, 4.69) is 5.32 Å². The van der Waals surface area contributed by atoms with Crippen LogP contribution in [0.15, 0.2) is 30.3 Å². The van der Waals surface area contributed by atoms with Crippen molar-refractivity contribution in [1.82, 2.24) is 0 Å². The Morgan fingerprint density at radius 3 is 2.04 bits per heavy atom. The summed E-state index contributed by atoms with van der Waals surface area (Å²) in [5.74, 6) is -1.35. The van der Waals surface area contributed by atoms with Gasteiger partial charge in [0, 0.05) is 11.8 Å². The van der Waals surface area contributed by atoms with Crippen LogP contribution in [0.2, 0.25) is 0 Å². The van der Waals surface area contributed by atoms with Gasteiger partial charge in [-0.1, -0.05) is 0 Å². The summed E-state index contributed by atoms with van der Waals surface area (Å²) in [6.45, 7) is 0. The number of halogens is 3. The minimum Gasteiger partial charge on any atom is -0.493 e. The molecule has 0 fully saturated rings. The Morgan fingerprint density at radius 2 is 1.61 bits per heavy atom. The van der Waals surface area contributed by atoms with E-state index < -0.39 is 33.8 Å². The van der Waals surface area contributed by atoms with Gasteiger partial charge in [0.15, 0.2) is 5.75 Å². The fourth-order valence-corrected chi connectivity index (χ4v) is 2.44. The van der Waals surface area contributed by atoms with E-state index in [1.54, 1.807) is 0 Å². The number of nitro benzene ring substituents is 1. The van der Waals surface area contributed by atoms with Gasteiger partial charge in [-0.05, 0) is 24.3 Å². The van der Waals surface area contributed by atoms with Crippen molar-refractivity contribution in [2.75, 3.05) is 26.6 Å². The van der Waals surface area contributed by atoms with Gasteiger partial charge in [0.05, 0.1) is 31.8 Å². The van der Waals surface area contributed by atoms with Crippen molar-refractivity contribution >= 4 is 17.3 Å². The minimum atomic E-state index is -4.53. The molecule has 0 aliphatic heterocycles. The molecular weight excluding hydrogens is 385 g/mol. The van der Waals surface area contributed by atoms with E-state index in [4.69, 9.17) is 14.2 Å². The van der Waals surface area contributed by atoms with E-state index in [0.717, 1.165) is 37.4 Å². The first kappa shape index (κ1) is 20.8. The van der Waals surface area contributed by atoms with Crippen molar-refractivity contribution in [3.8, 4) is 17.2 Å². The molecule has 0 spiro atoms. The number of hydrogen-bond donors (Lipinski definition) is 1. The molecule has 2 aromatic carbocycles. The number of anilines is 1. The van der Waals surface area contributed by atoms with Crippen molar-refractivity contribution < 1.29 is 37.1 Å². The third-order valence-corrected chi connectivity index (χ3v) is 3.70. The van der Waals surface area contributed by atoms with Crippen LogP contribution in [-0.4, -0.2) is 32.2 Å². The summed E-state index contributed by atoms with van der Waals surface area (Å²) in [5, 5.41) is 13.8. The summed E-state index contributed by atoms with van der Waals surface area (Å²) in [6, 6.07) is 4.70. The number of ether oxygens (including phenoxy) is 3.